The largest absolute Gasteiger partial charge is 0.330 e. The van der Waals surface area contributed by atoms with Gasteiger partial charge in [-0.2, -0.15) is 0 Å². The van der Waals surface area contributed by atoms with Crippen molar-refractivity contribution in [2.24, 2.45) is 11.7 Å². The molecule has 2 unspecified atom stereocenters. The van der Waals surface area contributed by atoms with E-state index in [1.54, 1.807) is 0 Å². The summed E-state index contributed by atoms with van der Waals surface area (Å²) >= 11 is 0. The molecule has 0 saturated heterocycles. The maximum absolute atomic E-state index is 12.2. The van der Waals surface area contributed by atoms with E-state index in [-0.39, 0.29) is 5.92 Å². The first-order chi connectivity index (χ1) is 8.79. The first-order valence-corrected chi connectivity index (χ1v) is 8.38. The van der Waals surface area contributed by atoms with E-state index >= 15 is 0 Å². The summed E-state index contributed by atoms with van der Waals surface area (Å²) in [6.07, 6.45) is 5.18. The lowest BCUT2D eigenvalue weighted by molar-refractivity contribution is 0.601. The van der Waals surface area contributed by atoms with Crippen molar-refractivity contribution < 1.29 is 4.21 Å². The van der Waals surface area contributed by atoms with E-state index in [0.717, 1.165) is 11.5 Å². The smallest absolute Gasteiger partial charge is 0.0315 e. The van der Waals surface area contributed by atoms with Crippen LogP contribution in [0, 0.1) is 5.92 Å². The Labute approximate surface area is 112 Å². The van der Waals surface area contributed by atoms with Crippen LogP contribution < -0.4 is 5.73 Å². The Bertz CT molecular complexity index is 373. The summed E-state index contributed by atoms with van der Waals surface area (Å²) < 4.78 is 12.2. The summed E-state index contributed by atoms with van der Waals surface area (Å²) in [5.41, 5.74) is 7.05. The van der Waals surface area contributed by atoms with Gasteiger partial charge in [-0.05, 0) is 24.3 Å². The summed E-state index contributed by atoms with van der Waals surface area (Å²) in [4.78, 5) is 0. The molecule has 0 heterocycles. The van der Waals surface area contributed by atoms with Crippen molar-refractivity contribution in [2.45, 2.75) is 31.6 Å². The van der Waals surface area contributed by atoms with Gasteiger partial charge in [0.25, 0.3) is 0 Å². The molecule has 2 nitrogen and oxygen atoms in total. The summed E-state index contributed by atoms with van der Waals surface area (Å²) in [6.45, 7) is 0.584. The Balaban J connectivity index is 1.87. The molecule has 0 amide bonds. The maximum Gasteiger partial charge on any atom is 0.0315 e. The van der Waals surface area contributed by atoms with Gasteiger partial charge in [0.05, 0.1) is 0 Å². The van der Waals surface area contributed by atoms with E-state index in [0.29, 0.717) is 12.5 Å². The number of nitrogens with two attached hydrogens (primary N) is 1. The Morgan fingerprint density at radius 3 is 2.50 bits per heavy atom. The standard InChI is InChI=1S/C15H23NOS/c16-10-15(14-8-2-1-3-9-14)12-18(17)11-13-6-4-5-7-13/h1-3,8-9,13,15H,4-7,10-12,16H2. The third-order valence-corrected chi connectivity index (χ3v) is 5.46. The van der Waals surface area contributed by atoms with Crippen LogP contribution in [0.5, 0.6) is 0 Å². The Morgan fingerprint density at radius 1 is 1.22 bits per heavy atom. The number of rotatable bonds is 6. The van der Waals surface area contributed by atoms with Crippen molar-refractivity contribution in [1.29, 1.82) is 0 Å². The molecular formula is C15H23NOS. The second-order valence-corrected chi connectivity index (χ2v) is 6.81. The van der Waals surface area contributed by atoms with Gasteiger partial charge in [0.1, 0.15) is 0 Å². The van der Waals surface area contributed by atoms with Crippen molar-refractivity contribution in [3.05, 3.63) is 35.9 Å². The fourth-order valence-electron chi connectivity index (χ4n) is 2.76. The lowest BCUT2D eigenvalue weighted by Gasteiger charge is -2.16. The monoisotopic (exact) mass is 265 g/mol. The molecule has 1 saturated carbocycles. The van der Waals surface area contributed by atoms with Crippen molar-refractivity contribution in [2.75, 3.05) is 18.1 Å². The highest BCUT2D eigenvalue weighted by Crippen LogP contribution is 2.26. The van der Waals surface area contributed by atoms with Crippen LogP contribution in [0.25, 0.3) is 0 Å². The predicted octanol–water partition coefficient (Wildman–Crippen LogP) is 2.67. The lowest BCUT2D eigenvalue weighted by atomic mass is 10.0. The fourth-order valence-corrected chi connectivity index (χ4v) is 4.53. The van der Waals surface area contributed by atoms with Gasteiger partial charge in [-0.1, -0.05) is 43.2 Å². The lowest BCUT2D eigenvalue weighted by Crippen LogP contribution is -2.21. The zero-order valence-corrected chi connectivity index (χ0v) is 11.7. The first kappa shape index (κ1) is 13.8. The molecule has 1 fully saturated rings. The normalized spacial score (nSPS) is 19.8. The zero-order chi connectivity index (χ0) is 12.8. The van der Waals surface area contributed by atoms with Crippen LogP contribution in [0.4, 0.5) is 0 Å². The van der Waals surface area contributed by atoms with Crippen LogP contribution >= 0.6 is 0 Å². The van der Waals surface area contributed by atoms with Crippen LogP contribution in [0.3, 0.4) is 0 Å². The van der Waals surface area contributed by atoms with E-state index in [2.05, 4.69) is 12.1 Å². The minimum Gasteiger partial charge on any atom is -0.330 e. The quantitative estimate of drug-likeness (QED) is 0.859. The van der Waals surface area contributed by atoms with Crippen LogP contribution in [0.15, 0.2) is 30.3 Å². The average Bonchev–Trinajstić information content (AvgIpc) is 2.90. The fraction of sp³-hybridized carbons (Fsp3) is 0.600. The molecule has 100 valence electrons. The predicted molar refractivity (Wildman–Crippen MR) is 78.1 cm³/mol. The van der Waals surface area contributed by atoms with Gasteiger partial charge in [0.2, 0.25) is 0 Å². The molecule has 2 rings (SSSR count). The van der Waals surface area contributed by atoms with Crippen LogP contribution in [-0.2, 0) is 10.8 Å². The molecule has 1 aliphatic rings. The van der Waals surface area contributed by atoms with Crippen molar-refractivity contribution >= 4 is 10.8 Å². The third kappa shape index (κ3) is 3.92. The van der Waals surface area contributed by atoms with Crippen LogP contribution in [-0.4, -0.2) is 22.3 Å². The highest BCUT2D eigenvalue weighted by Gasteiger charge is 2.20. The molecule has 0 aliphatic heterocycles. The number of hydrogen-bond donors (Lipinski definition) is 1. The van der Waals surface area contributed by atoms with Gasteiger partial charge in [-0.15, -0.1) is 0 Å². The molecule has 1 aliphatic carbocycles. The Hall–Kier alpha value is -0.670. The topological polar surface area (TPSA) is 43.1 Å². The first-order valence-electron chi connectivity index (χ1n) is 6.89. The van der Waals surface area contributed by atoms with Gasteiger partial charge in [0, 0.05) is 34.8 Å². The van der Waals surface area contributed by atoms with Gasteiger partial charge >= 0.3 is 0 Å². The second-order valence-electron chi connectivity index (χ2n) is 5.27. The van der Waals surface area contributed by atoms with Crippen molar-refractivity contribution in [3.63, 3.8) is 0 Å². The molecule has 1 aromatic carbocycles. The van der Waals surface area contributed by atoms with E-state index in [1.165, 1.54) is 31.2 Å². The highest BCUT2D eigenvalue weighted by atomic mass is 32.2. The Kier molecular flexibility index (Phi) is 5.39. The van der Waals surface area contributed by atoms with Crippen molar-refractivity contribution in [3.8, 4) is 0 Å². The molecule has 1 aromatic rings. The summed E-state index contributed by atoms with van der Waals surface area (Å²) in [7, 11) is -0.720. The molecule has 0 aromatic heterocycles. The number of hydrogen-bond acceptors (Lipinski definition) is 2. The van der Waals surface area contributed by atoms with Gasteiger partial charge in [-0.3, -0.25) is 4.21 Å². The van der Waals surface area contributed by atoms with Gasteiger partial charge in [-0.25, -0.2) is 0 Å². The molecule has 2 N–H and O–H groups in total. The minimum atomic E-state index is -0.720. The molecule has 0 bridgehead atoms. The summed E-state index contributed by atoms with van der Waals surface area (Å²) in [6, 6.07) is 10.2. The van der Waals surface area contributed by atoms with E-state index in [1.807, 2.05) is 18.2 Å². The molecular weight excluding hydrogens is 242 g/mol. The maximum atomic E-state index is 12.2. The molecule has 3 heteroatoms. The van der Waals surface area contributed by atoms with E-state index < -0.39 is 10.8 Å². The highest BCUT2D eigenvalue weighted by molar-refractivity contribution is 7.85. The van der Waals surface area contributed by atoms with Crippen molar-refractivity contribution in [1.82, 2.24) is 0 Å². The molecule has 18 heavy (non-hydrogen) atoms. The van der Waals surface area contributed by atoms with Gasteiger partial charge in [0.15, 0.2) is 0 Å². The average molecular weight is 265 g/mol. The zero-order valence-electron chi connectivity index (χ0n) is 10.9. The Morgan fingerprint density at radius 2 is 1.89 bits per heavy atom. The van der Waals surface area contributed by atoms with Gasteiger partial charge < -0.3 is 5.73 Å². The molecule has 0 radical (unpaired) electrons. The summed E-state index contributed by atoms with van der Waals surface area (Å²) in [5.74, 6) is 2.54. The summed E-state index contributed by atoms with van der Waals surface area (Å²) in [5, 5.41) is 0. The second kappa shape index (κ2) is 7.05. The van der Waals surface area contributed by atoms with Crippen LogP contribution in [0.2, 0.25) is 0 Å². The van der Waals surface area contributed by atoms with E-state index in [4.69, 9.17) is 5.73 Å². The SMILES string of the molecule is NCC(CS(=O)CC1CCCC1)c1ccccc1. The minimum absolute atomic E-state index is 0.244. The van der Waals surface area contributed by atoms with E-state index in [9.17, 15) is 4.21 Å². The molecule has 0 spiro atoms. The molecule has 2 atom stereocenters. The van der Waals surface area contributed by atoms with Crippen LogP contribution in [0.1, 0.15) is 37.2 Å². The number of benzene rings is 1. The third-order valence-electron chi connectivity index (χ3n) is 3.84.